The van der Waals surface area contributed by atoms with Gasteiger partial charge in [-0.2, -0.15) is 13.2 Å². The molecular weight excluding hydrogens is 329 g/mol. The highest BCUT2D eigenvalue weighted by Crippen LogP contribution is 2.30. The number of anilines is 1. The van der Waals surface area contributed by atoms with Crippen molar-refractivity contribution in [3.8, 4) is 0 Å². The largest absolute Gasteiger partial charge is 0.416 e. The van der Waals surface area contributed by atoms with Crippen LogP contribution in [0.1, 0.15) is 23.2 Å². The van der Waals surface area contributed by atoms with Gasteiger partial charge in [-0.05, 0) is 54.6 Å². The number of nitrogens with one attached hydrogen (secondary N) is 2. The molecule has 0 unspecified atom stereocenters. The lowest BCUT2D eigenvalue weighted by molar-refractivity contribution is -0.137. The lowest BCUT2D eigenvalue weighted by Gasteiger charge is -2.10. The van der Waals surface area contributed by atoms with Crippen LogP contribution in [0.3, 0.4) is 0 Å². The van der Waals surface area contributed by atoms with Gasteiger partial charge in [0.25, 0.3) is 0 Å². The normalized spacial score (nSPS) is 11.7. The maximum atomic E-state index is 12.7. The molecule has 1 aromatic heterocycles. The molecule has 0 bridgehead atoms. The van der Waals surface area contributed by atoms with E-state index >= 15 is 0 Å². The van der Waals surface area contributed by atoms with Crippen LogP contribution in [0.5, 0.6) is 0 Å². The fraction of sp³-hybridized carbons (Fsp3) is 0.211. The summed E-state index contributed by atoms with van der Waals surface area (Å²) < 4.78 is 38.1. The number of aryl methyl sites for hydroxylation is 2. The van der Waals surface area contributed by atoms with Gasteiger partial charge in [-0.15, -0.1) is 0 Å². The molecule has 2 N–H and O–H groups in total. The number of halogens is 3. The first-order valence-electron chi connectivity index (χ1n) is 7.86. The molecule has 25 heavy (non-hydrogen) atoms. The summed E-state index contributed by atoms with van der Waals surface area (Å²) in [5, 5.41) is 3.63. The maximum absolute atomic E-state index is 12.7. The van der Waals surface area contributed by atoms with Gasteiger partial charge in [0.1, 0.15) is 0 Å². The first-order chi connectivity index (χ1) is 11.8. The summed E-state index contributed by atoms with van der Waals surface area (Å²) in [4.78, 5) is 15.3. The molecular formula is C19H17F3N2O. The van der Waals surface area contributed by atoms with E-state index in [1.165, 1.54) is 12.1 Å². The van der Waals surface area contributed by atoms with E-state index in [0.717, 1.165) is 34.3 Å². The number of hydrogen-bond acceptors (Lipinski definition) is 1. The first kappa shape index (κ1) is 17.1. The molecule has 0 saturated heterocycles. The van der Waals surface area contributed by atoms with Gasteiger partial charge in [0.2, 0.25) is 5.91 Å². The minimum Gasteiger partial charge on any atom is -0.359 e. The second-order valence-corrected chi connectivity index (χ2v) is 6.00. The molecule has 0 spiro atoms. The average molecular weight is 346 g/mol. The number of alkyl halides is 3. The predicted octanol–water partition coefficient (Wildman–Crippen LogP) is 5.07. The van der Waals surface area contributed by atoms with Crippen LogP contribution in [0, 0.1) is 6.92 Å². The van der Waals surface area contributed by atoms with Gasteiger partial charge in [0.05, 0.1) is 5.56 Å². The molecule has 1 heterocycles. The summed E-state index contributed by atoms with van der Waals surface area (Å²) >= 11 is 0. The van der Waals surface area contributed by atoms with E-state index in [4.69, 9.17) is 0 Å². The number of aromatic amines is 1. The molecule has 0 aliphatic heterocycles. The van der Waals surface area contributed by atoms with Crippen molar-refractivity contribution in [3.63, 3.8) is 0 Å². The van der Waals surface area contributed by atoms with Crippen molar-refractivity contribution in [3.05, 3.63) is 65.4 Å². The van der Waals surface area contributed by atoms with Crippen LogP contribution in [0.25, 0.3) is 10.9 Å². The van der Waals surface area contributed by atoms with Gasteiger partial charge in [-0.25, -0.2) is 0 Å². The molecule has 3 rings (SSSR count). The van der Waals surface area contributed by atoms with E-state index < -0.39 is 11.7 Å². The summed E-state index contributed by atoms with van der Waals surface area (Å²) in [6.45, 7) is 1.97. The minimum atomic E-state index is -4.43. The Hall–Kier alpha value is -2.76. The fourth-order valence-electron chi connectivity index (χ4n) is 2.73. The Bertz CT molecular complexity index is 912. The first-order valence-corrected chi connectivity index (χ1v) is 7.86. The van der Waals surface area contributed by atoms with Crippen molar-refractivity contribution in [1.29, 1.82) is 0 Å². The zero-order chi connectivity index (χ0) is 18.0. The van der Waals surface area contributed by atoms with Crippen LogP contribution in [-0.4, -0.2) is 10.9 Å². The van der Waals surface area contributed by atoms with E-state index in [0.29, 0.717) is 6.42 Å². The van der Waals surface area contributed by atoms with Crippen LogP contribution in [-0.2, 0) is 17.4 Å². The van der Waals surface area contributed by atoms with E-state index in [1.807, 2.05) is 31.2 Å². The number of hydrogen-bond donors (Lipinski definition) is 2. The number of aromatic nitrogens is 1. The van der Waals surface area contributed by atoms with Crippen molar-refractivity contribution >= 4 is 22.5 Å². The third-order valence-corrected chi connectivity index (χ3v) is 3.94. The molecule has 6 heteroatoms. The highest BCUT2D eigenvalue weighted by molar-refractivity contribution is 5.91. The molecule has 0 atom stereocenters. The fourth-order valence-corrected chi connectivity index (χ4v) is 2.73. The van der Waals surface area contributed by atoms with Crippen LogP contribution in [0.15, 0.2) is 48.5 Å². The maximum Gasteiger partial charge on any atom is 0.416 e. The van der Waals surface area contributed by atoms with Gasteiger partial charge in [0.15, 0.2) is 0 Å². The number of rotatable bonds is 4. The van der Waals surface area contributed by atoms with Crippen LogP contribution < -0.4 is 5.32 Å². The van der Waals surface area contributed by atoms with Gasteiger partial charge >= 0.3 is 6.18 Å². The molecule has 3 nitrogen and oxygen atoms in total. The van der Waals surface area contributed by atoms with Gasteiger partial charge in [0, 0.05) is 23.3 Å². The lowest BCUT2D eigenvalue weighted by Crippen LogP contribution is -2.13. The average Bonchev–Trinajstić information content (AvgIpc) is 2.91. The summed E-state index contributed by atoms with van der Waals surface area (Å²) in [6.07, 6.45) is -3.72. The Kier molecular flexibility index (Phi) is 4.53. The molecule has 3 aromatic rings. The number of fused-ring (bicyclic) bond motifs is 1. The molecule has 1 amide bonds. The Morgan fingerprint density at radius 3 is 2.68 bits per heavy atom. The second-order valence-electron chi connectivity index (χ2n) is 6.00. The van der Waals surface area contributed by atoms with Crippen LogP contribution >= 0.6 is 0 Å². The molecule has 0 saturated carbocycles. The Labute approximate surface area is 142 Å². The van der Waals surface area contributed by atoms with E-state index in [2.05, 4.69) is 10.3 Å². The quantitative estimate of drug-likeness (QED) is 0.681. The number of carbonyl (C=O) groups is 1. The van der Waals surface area contributed by atoms with Crippen LogP contribution in [0.2, 0.25) is 0 Å². The lowest BCUT2D eigenvalue weighted by atomic mass is 10.1. The van der Waals surface area contributed by atoms with Crippen LogP contribution in [0.4, 0.5) is 18.9 Å². The van der Waals surface area contributed by atoms with Gasteiger partial charge in [-0.3, -0.25) is 4.79 Å². The van der Waals surface area contributed by atoms with Crippen molar-refractivity contribution in [2.75, 3.05) is 5.32 Å². The molecule has 0 aliphatic rings. The molecule has 2 aromatic carbocycles. The Morgan fingerprint density at radius 2 is 1.92 bits per heavy atom. The zero-order valence-corrected chi connectivity index (χ0v) is 13.6. The molecule has 0 fully saturated rings. The SMILES string of the molecule is Cc1cc2ccc(CCC(=O)Nc3cccc(C(F)(F)F)c3)cc2[nH]1. The highest BCUT2D eigenvalue weighted by Gasteiger charge is 2.30. The van der Waals surface area contributed by atoms with E-state index in [-0.39, 0.29) is 18.0 Å². The molecule has 0 aliphatic carbocycles. The van der Waals surface area contributed by atoms with Crippen molar-refractivity contribution in [1.82, 2.24) is 4.98 Å². The Balaban J connectivity index is 1.62. The highest BCUT2D eigenvalue weighted by atomic mass is 19.4. The standard InChI is InChI=1S/C19H17F3N2O/c1-12-9-14-7-5-13(10-17(14)23-12)6-8-18(25)24-16-4-2-3-15(11-16)19(20,21)22/h2-5,7,9-11,23H,6,8H2,1H3,(H,24,25). The smallest absolute Gasteiger partial charge is 0.359 e. The third kappa shape index (κ3) is 4.21. The number of carbonyl (C=O) groups excluding carboxylic acids is 1. The summed E-state index contributed by atoms with van der Waals surface area (Å²) in [7, 11) is 0. The summed E-state index contributed by atoms with van der Waals surface area (Å²) in [5.74, 6) is -0.318. The predicted molar refractivity (Wildman–Crippen MR) is 91.4 cm³/mol. The summed E-state index contributed by atoms with van der Waals surface area (Å²) in [6, 6.07) is 12.6. The van der Waals surface area contributed by atoms with Crippen molar-refractivity contribution in [2.45, 2.75) is 25.9 Å². The zero-order valence-electron chi connectivity index (χ0n) is 13.6. The number of H-pyrrole nitrogens is 1. The third-order valence-electron chi connectivity index (χ3n) is 3.94. The molecule has 0 radical (unpaired) electrons. The number of amides is 1. The van der Waals surface area contributed by atoms with Gasteiger partial charge < -0.3 is 10.3 Å². The van der Waals surface area contributed by atoms with Crippen molar-refractivity contribution in [2.24, 2.45) is 0 Å². The molecule has 130 valence electrons. The van der Waals surface area contributed by atoms with E-state index in [1.54, 1.807) is 0 Å². The van der Waals surface area contributed by atoms with Gasteiger partial charge in [-0.1, -0.05) is 18.2 Å². The number of benzene rings is 2. The van der Waals surface area contributed by atoms with Crippen molar-refractivity contribution < 1.29 is 18.0 Å². The second kappa shape index (κ2) is 6.63. The van der Waals surface area contributed by atoms with E-state index in [9.17, 15) is 18.0 Å². The topological polar surface area (TPSA) is 44.9 Å². The minimum absolute atomic E-state index is 0.148. The monoisotopic (exact) mass is 346 g/mol. The Morgan fingerprint density at radius 1 is 1.12 bits per heavy atom. The summed E-state index contributed by atoms with van der Waals surface area (Å²) in [5.41, 5.74) is 2.43.